The molecule has 0 aliphatic heterocycles. The van der Waals surface area contributed by atoms with Gasteiger partial charge in [0.15, 0.2) is 0 Å². The number of hydrogen-bond donors (Lipinski definition) is 2. The minimum atomic E-state index is -0.279. The van der Waals surface area contributed by atoms with Gasteiger partial charge in [-0.1, -0.05) is 25.1 Å². The van der Waals surface area contributed by atoms with Crippen molar-refractivity contribution in [3.05, 3.63) is 54.1 Å². The zero-order chi connectivity index (χ0) is 16.9. The molecule has 122 valence electrons. The van der Waals surface area contributed by atoms with E-state index in [1.165, 1.54) is 0 Å². The van der Waals surface area contributed by atoms with E-state index in [9.17, 15) is 4.79 Å². The minimum Gasteiger partial charge on any atom is -0.370 e. The monoisotopic (exact) mass is 321 g/mol. The Morgan fingerprint density at radius 3 is 2.83 bits per heavy atom. The molecule has 0 spiro atoms. The van der Waals surface area contributed by atoms with Crippen LogP contribution in [0.15, 0.2) is 42.6 Å². The van der Waals surface area contributed by atoms with Crippen LogP contribution in [0.5, 0.6) is 0 Å². The summed E-state index contributed by atoms with van der Waals surface area (Å²) in [5.74, 6) is 0.932. The first-order chi connectivity index (χ1) is 11.7. The molecule has 6 nitrogen and oxygen atoms in total. The number of carbonyl (C=O) groups excluding carboxylic acids is 1. The molecule has 2 aromatic heterocycles. The van der Waals surface area contributed by atoms with Crippen LogP contribution in [0.3, 0.4) is 0 Å². The van der Waals surface area contributed by atoms with E-state index in [2.05, 4.69) is 32.5 Å². The lowest BCUT2D eigenvalue weighted by Crippen LogP contribution is -2.16. The summed E-state index contributed by atoms with van der Waals surface area (Å²) in [6.45, 7) is 4.64. The molecule has 0 aliphatic carbocycles. The number of para-hydroxylation sites is 1. The van der Waals surface area contributed by atoms with Gasteiger partial charge in [0.1, 0.15) is 17.3 Å². The van der Waals surface area contributed by atoms with Crippen LogP contribution in [0, 0.1) is 6.92 Å². The standard InChI is InChI=1S/C18H19N5O/c1-3-9-19-16-11-15(21-12(2)22-16)18(24)23-14-8-4-6-13-7-5-10-20-17(13)14/h4-8,10-11H,3,9H2,1-2H3,(H,23,24)(H,19,21,22). The second-order valence-corrected chi connectivity index (χ2v) is 5.45. The number of anilines is 2. The molecule has 1 aromatic carbocycles. The first-order valence-corrected chi connectivity index (χ1v) is 7.92. The third kappa shape index (κ3) is 3.48. The van der Waals surface area contributed by atoms with Crippen LogP contribution < -0.4 is 10.6 Å². The molecule has 3 rings (SSSR count). The van der Waals surface area contributed by atoms with Crippen molar-refractivity contribution in [3.8, 4) is 0 Å². The van der Waals surface area contributed by atoms with Gasteiger partial charge in [-0.3, -0.25) is 9.78 Å². The summed E-state index contributed by atoms with van der Waals surface area (Å²) in [6, 6.07) is 11.2. The normalized spacial score (nSPS) is 10.6. The second kappa shape index (κ2) is 7.04. The Morgan fingerprint density at radius 1 is 1.17 bits per heavy atom. The van der Waals surface area contributed by atoms with Crippen LogP contribution in [0.25, 0.3) is 10.9 Å². The van der Waals surface area contributed by atoms with Gasteiger partial charge in [0.2, 0.25) is 0 Å². The Labute approximate surface area is 140 Å². The number of benzene rings is 1. The summed E-state index contributed by atoms with van der Waals surface area (Å²) < 4.78 is 0. The molecule has 0 radical (unpaired) electrons. The van der Waals surface area contributed by atoms with Crippen molar-refractivity contribution in [2.75, 3.05) is 17.2 Å². The van der Waals surface area contributed by atoms with E-state index in [0.29, 0.717) is 23.0 Å². The number of carbonyl (C=O) groups is 1. The van der Waals surface area contributed by atoms with Gasteiger partial charge in [-0.25, -0.2) is 9.97 Å². The average molecular weight is 321 g/mol. The highest BCUT2D eigenvalue weighted by Crippen LogP contribution is 2.21. The van der Waals surface area contributed by atoms with Gasteiger partial charge in [-0.05, 0) is 25.5 Å². The number of pyridine rings is 1. The summed E-state index contributed by atoms with van der Waals surface area (Å²) in [7, 11) is 0. The highest BCUT2D eigenvalue weighted by atomic mass is 16.1. The smallest absolute Gasteiger partial charge is 0.274 e. The van der Waals surface area contributed by atoms with Gasteiger partial charge >= 0.3 is 0 Å². The maximum absolute atomic E-state index is 12.6. The maximum Gasteiger partial charge on any atom is 0.274 e. The summed E-state index contributed by atoms with van der Waals surface area (Å²) in [5, 5.41) is 7.04. The fraction of sp³-hybridized carbons (Fsp3) is 0.222. The van der Waals surface area contributed by atoms with Gasteiger partial charge in [-0.15, -0.1) is 0 Å². The SMILES string of the molecule is CCCNc1cc(C(=O)Nc2cccc3cccnc23)nc(C)n1. The number of hydrogen-bond acceptors (Lipinski definition) is 5. The lowest BCUT2D eigenvalue weighted by molar-refractivity contribution is 0.102. The molecule has 0 fully saturated rings. The van der Waals surface area contributed by atoms with Crippen molar-refractivity contribution in [1.82, 2.24) is 15.0 Å². The molecule has 1 amide bonds. The van der Waals surface area contributed by atoms with Gasteiger partial charge in [0.25, 0.3) is 5.91 Å². The Kier molecular flexibility index (Phi) is 4.65. The summed E-state index contributed by atoms with van der Waals surface area (Å²) in [6.07, 6.45) is 2.69. The fourth-order valence-corrected chi connectivity index (χ4v) is 2.42. The third-order valence-electron chi connectivity index (χ3n) is 3.51. The predicted octanol–water partition coefficient (Wildman–Crippen LogP) is 3.41. The molecule has 3 aromatic rings. The van der Waals surface area contributed by atoms with Crippen LogP contribution >= 0.6 is 0 Å². The van der Waals surface area contributed by atoms with Crippen LogP contribution in [0.2, 0.25) is 0 Å². The van der Waals surface area contributed by atoms with Crippen LogP contribution in [0.1, 0.15) is 29.7 Å². The molecule has 0 bridgehead atoms. The number of aryl methyl sites for hydroxylation is 1. The number of amides is 1. The Morgan fingerprint density at radius 2 is 2.00 bits per heavy atom. The number of aromatic nitrogens is 3. The van der Waals surface area contributed by atoms with E-state index >= 15 is 0 Å². The lowest BCUT2D eigenvalue weighted by atomic mass is 10.2. The van der Waals surface area contributed by atoms with Gasteiger partial charge in [0, 0.05) is 24.2 Å². The van der Waals surface area contributed by atoms with Crippen molar-refractivity contribution >= 4 is 28.3 Å². The molecule has 0 atom stereocenters. The quantitative estimate of drug-likeness (QED) is 0.753. The largest absolute Gasteiger partial charge is 0.370 e. The zero-order valence-corrected chi connectivity index (χ0v) is 13.7. The van der Waals surface area contributed by atoms with Crippen molar-refractivity contribution < 1.29 is 4.79 Å². The van der Waals surface area contributed by atoms with Crippen molar-refractivity contribution in [2.24, 2.45) is 0 Å². The fourth-order valence-electron chi connectivity index (χ4n) is 2.42. The van der Waals surface area contributed by atoms with Gasteiger partial charge < -0.3 is 10.6 Å². The Balaban J connectivity index is 1.88. The average Bonchev–Trinajstić information content (AvgIpc) is 2.60. The van der Waals surface area contributed by atoms with Crippen LogP contribution in [0.4, 0.5) is 11.5 Å². The van der Waals surface area contributed by atoms with Crippen LogP contribution in [-0.4, -0.2) is 27.4 Å². The maximum atomic E-state index is 12.6. The van der Waals surface area contributed by atoms with Crippen molar-refractivity contribution in [3.63, 3.8) is 0 Å². The summed E-state index contributed by atoms with van der Waals surface area (Å²) in [4.78, 5) is 25.5. The molecule has 6 heteroatoms. The number of fused-ring (bicyclic) bond motifs is 1. The first kappa shape index (κ1) is 15.9. The predicted molar refractivity (Wildman–Crippen MR) is 95.2 cm³/mol. The van der Waals surface area contributed by atoms with E-state index in [-0.39, 0.29) is 5.91 Å². The molecule has 0 aliphatic rings. The van der Waals surface area contributed by atoms with E-state index < -0.39 is 0 Å². The highest BCUT2D eigenvalue weighted by Gasteiger charge is 2.12. The molecular weight excluding hydrogens is 302 g/mol. The lowest BCUT2D eigenvalue weighted by Gasteiger charge is -2.10. The van der Waals surface area contributed by atoms with Gasteiger partial charge in [-0.2, -0.15) is 0 Å². The van der Waals surface area contributed by atoms with Gasteiger partial charge in [0.05, 0.1) is 11.2 Å². The second-order valence-electron chi connectivity index (χ2n) is 5.45. The summed E-state index contributed by atoms with van der Waals surface area (Å²) >= 11 is 0. The van der Waals surface area contributed by atoms with E-state index in [4.69, 9.17) is 0 Å². The molecule has 2 heterocycles. The summed E-state index contributed by atoms with van der Waals surface area (Å²) in [5.41, 5.74) is 1.75. The Bertz CT molecular complexity index is 873. The highest BCUT2D eigenvalue weighted by molar-refractivity contribution is 6.07. The molecular formula is C18H19N5O. The molecule has 0 saturated carbocycles. The van der Waals surface area contributed by atoms with Crippen molar-refractivity contribution in [1.29, 1.82) is 0 Å². The first-order valence-electron chi connectivity index (χ1n) is 7.92. The molecule has 0 unspecified atom stereocenters. The minimum absolute atomic E-state index is 0.279. The van der Waals surface area contributed by atoms with Crippen LogP contribution in [-0.2, 0) is 0 Å². The number of nitrogens with zero attached hydrogens (tertiary/aromatic N) is 3. The van der Waals surface area contributed by atoms with E-state index in [1.807, 2.05) is 30.3 Å². The third-order valence-corrected chi connectivity index (χ3v) is 3.51. The topological polar surface area (TPSA) is 79.8 Å². The molecule has 2 N–H and O–H groups in total. The number of rotatable bonds is 5. The number of nitrogens with one attached hydrogen (secondary N) is 2. The molecule has 0 saturated heterocycles. The van der Waals surface area contributed by atoms with Crippen molar-refractivity contribution in [2.45, 2.75) is 20.3 Å². The zero-order valence-electron chi connectivity index (χ0n) is 13.7. The van der Waals surface area contributed by atoms with E-state index in [1.54, 1.807) is 19.2 Å². The van der Waals surface area contributed by atoms with E-state index in [0.717, 1.165) is 23.9 Å². The Hall–Kier alpha value is -3.02. The molecule has 24 heavy (non-hydrogen) atoms.